The second-order valence-corrected chi connectivity index (χ2v) is 9.81. The fourth-order valence-electron chi connectivity index (χ4n) is 4.86. The Balaban J connectivity index is 1.68. The maximum absolute atomic E-state index is 13.9. The molecule has 0 spiro atoms. The predicted octanol–water partition coefficient (Wildman–Crippen LogP) is 1.63. The Labute approximate surface area is 219 Å². The summed E-state index contributed by atoms with van der Waals surface area (Å²) >= 11 is 0. The Morgan fingerprint density at radius 1 is 1.16 bits per heavy atom. The SMILES string of the molecule is CC#CCn1c(N2CCCC(N)C2)nc2c1c(=O)n(Cc1nc(OC(C)C)c3ccccc3n1)c(=O)n2C. The molecule has 1 aliphatic rings. The first-order chi connectivity index (χ1) is 18.3. The van der Waals surface area contributed by atoms with Crippen LogP contribution in [0.3, 0.4) is 0 Å². The maximum atomic E-state index is 13.9. The average Bonchev–Trinajstić information content (AvgIpc) is 3.28. The lowest BCUT2D eigenvalue weighted by Crippen LogP contribution is -2.44. The highest BCUT2D eigenvalue weighted by atomic mass is 16.5. The van der Waals surface area contributed by atoms with Crippen LogP contribution in [-0.2, 0) is 20.1 Å². The number of piperidine rings is 1. The standard InChI is InChI=1S/C27H32N8O3/c1-5-6-14-34-22-23(31-26(34)33-13-9-10-18(28)15-33)32(4)27(37)35(25(22)36)16-21-29-20-12-8-7-11-19(20)24(30-21)38-17(2)3/h7-8,11-12,17-18H,9-10,13-16,28H2,1-4H3. The number of aromatic nitrogens is 6. The molecule has 1 aromatic carbocycles. The molecule has 3 aromatic heterocycles. The van der Waals surface area contributed by atoms with E-state index in [-0.39, 0.29) is 25.2 Å². The number of imidazole rings is 1. The number of nitrogens with zero attached hydrogens (tertiary/aromatic N) is 7. The highest BCUT2D eigenvalue weighted by molar-refractivity contribution is 5.83. The highest BCUT2D eigenvalue weighted by Gasteiger charge is 2.26. The summed E-state index contributed by atoms with van der Waals surface area (Å²) in [6.07, 6.45) is 1.75. The van der Waals surface area contributed by atoms with E-state index in [4.69, 9.17) is 15.5 Å². The van der Waals surface area contributed by atoms with Gasteiger partial charge in [0, 0.05) is 26.2 Å². The van der Waals surface area contributed by atoms with Crippen LogP contribution in [0.5, 0.6) is 5.88 Å². The number of hydrogen-bond acceptors (Lipinski definition) is 8. The van der Waals surface area contributed by atoms with Crippen LogP contribution in [0.25, 0.3) is 22.1 Å². The summed E-state index contributed by atoms with van der Waals surface area (Å²) in [5.74, 6) is 7.26. The van der Waals surface area contributed by atoms with Crippen molar-refractivity contribution in [2.45, 2.75) is 58.8 Å². The number of aryl methyl sites for hydroxylation is 1. The molecule has 0 radical (unpaired) electrons. The largest absolute Gasteiger partial charge is 0.474 e. The summed E-state index contributed by atoms with van der Waals surface area (Å²) < 4.78 is 10.3. The van der Waals surface area contributed by atoms with Gasteiger partial charge in [-0.3, -0.25) is 18.5 Å². The number of hydrogen-bond donors (Lipinski definition) is 1. The predicted molar refractivity (Wildman–Crippen MR) is 147 cm³/mol. The number of nitrogens with two attached hydrogens (primary N) is 1. The van der Waals surface area contributed by atoms with Gasteiger partial charge in [-0.05, 0) is 45.7 Å². The fourth-order valence-corrected chi connectivity index (χ4v) is 4.86. The first-order valence-electron chi connectivity index (χ1n) is 12.8. The van der Waals surface area contributed by atoms with Crippen LogP contribution in [0.15, 0.2) is 33.9 Å². The van der Waals surface area contributed by atoms with Gasteiger partial charge in [0.05, 0.1) is 30.1 Å². The van der Waals surface area contributed by atoms with Gasteiger partial charge in [-0.1, -0.05) is 18.1 Å². The van der Waals surface area contributed by atoms with Crippen molar-refractivity contribution in [3.05, 3.63) is 50.9 Å². The highest BCUT2D eigenvalue weighted by Crippen LogP contribution is 2.25. The molecule has 5 rings (SSSR count). The van der Waals surface area contributed by atoms with Gasteiger partial charge in [0.15, 0.2) is 17.0 Å². The van der Waals surface area contributed by atoms with E-state index in [0.29, 0.717) is 40.9 Å². The van der Waals surface area contributed by atoms with E-state index in [0.717, 1.165) is 29.3 Å². The van der Waals surface area contributed by atoms with Crippen molar-refractivity contribution >= 4 is 28.0 Å². The van der Waals surface area contributed by atoms with Crippen LogP contribution in [0, 0.1) is 11.8 Å². The molecule has 0 bridgehead atoms. The van der Waals surface area contributed by atoms with Crippen molar-refractivity contribution in [2.75, 3.05) is 18.0 Å². The average molecular weight is 517 g/mol. The van der Waals surface area contributed by atoms with Crippen molar-refractivity contribution in [3.63, 3.8) is 0 Å². The number of anilines is 1. The minimum absolute atomic E-state index is 0.0158. The zero-order valence-electron chi connectivity index (χ0n) is 22.1. The molecule has 0 aliphatic carbocycles. The second-order valence-electron chi connectivity index (χ2n) is 9.81. The Kier molecular flexibility index (Phi) is 6.91. The van der Waals surface area contributed by atoms with Crippen LogP contribution in [-0.4, -0.2) is 53.9 Å². The van der Waals surface area contributed by atoms with Crippen LogP contribution in [0.1, 0.15) is 39.4 Å². The lowest BCUT2D eigenvalue weighted by Gasteiger charge is -2.31. The summed E-state index contributed by atoms with van der Waals surface area (Å²) in [5, 5.41) is 0.765. The molecule has 0 amide bonds. The minimum atomic E-state index is -0.501. The summed E-state index contributed by atoms with van der Waals surface area (Å²) in [6, 6.07) is 7.51. The van der Waals surface area contributed by atoms with Crippen molar-refractivity contribution in [2.24, 2.45) is 12.8 Å². The number of fused-ring (bicyclic) bond motifs is 2. The lowest BCUT2D eigenvalue weighted by molar-refractivity contribution is 0.235. The van der Waals surface area contributed by atoms with Crippen LogP contribution < -0.4 is 26.6 Å². The molecule has 4 heterocycles. The van der Waals surface area contributed by atoms with Gasteiger partial charge in [0.1, 0.15) is 0 Å². The molecule has 1 aliphatic heterocycles. The van der Waals surface area contributed by atoms with Crippen molar-refractivity contribution in [3.8, 4) is 17.7 Å². The molecule has 38 heavy (non-hydrogen) atoms. The van der Waals surface area contributed by atoms with Crippen molar-refractivity contribution < 1.29 is 4.74 Å². The van der Waals surface area contributed by atoms with E-state index in [9.17, 15) is 9.59 Å². The third-order valence-electron chi connectivity index (χ3n) is 6.63. The van der Waals surface area contributed by atoms with E-state index in [1.165, 1.54) is 4.57 Å². The number of ether oxygens (including phenoxy) is 1. The molecule has 1 atom stereocenters. The van der Waals surface area contributed by atoms with Gasteiger partial charge < -0.3 is 15.4 Å². The van der Waals surface area contributed by atoms with E-state index >= 15 is 0 Å². The Bertz CT molecular complexity index is 1690. The Morgan fingerprint density at radius 2 is 1.95 bits per heavy atom. The van der Waals surface area contributed by atoms with Crippen LogP contribution in [0.4, 0.5) is 5.95 Å². The van der Waals surface area contributed by atoms with Gasteiger partial charge in [-0.25, -0.2) is 9.78 Å². The van der Waals surface area contributed by atoms with Gasteiger partial charge in [-0.15, -0.1) is 5.92 Å². The summed E-state index contributed by atoms with van der Waals surface area (Å²) in [5.41, 5.74) is 6.55. The molecular weight excluding hydrogens is 484 g/mol. The summed E-state index contributed by atoms with van der Waals surface area (Å²) in [4.78, 5) is 43.3. The van der Waals surface area contributed by atoms with Crippen LogP contribution in [0.2, 0.25) is 0 Å². The van der Waals surface area contributed by atoms with Gasteiger partial charge in [0.2, 0.25) is 11.8 Å². The molecule has 1 unspecified atom stereocenters. The van der Waals surface area contributed by atoms with E-state index in [1.54, 1.807) is 18.5 Å². The molecule has 1 saturated heterocycles. The summed E-state index contributed by atoms with van der Waals surface area (Å²) in [6.45, 7) is 7.11. The summed E-state index contributed by atoms with van der Waals surface area (Å²) in [7, 11) is 1.61. The normalized spacial score (nSPS) is 15.7. The van der Waals surface area contributed by atoms with Gasteiger partial charge >= 0.3 is 5.69 Å². The number of para-hydroxylation sites is 1. The van der Waals surface area contributed by atoms with E-state index in [1.807, 2.05) is 38.1 Å². The molecule has 2 N–H and O–H groups in total. The fraction of sp³-hybridized carbons (Fsp3) is 0.444. The first kappa shape index (κ1) is 25.5. The number of benzene rings is 1. The Morgan fingerprint density at radius 3 is 2.68 bits per heavy atom. The third-order valence-corrected chi connectivity index (χ3v) is 6.63. The van der Waals surface area contributed by atoms with Gasteiger partial charge in [0.25, 0.3) is 5.56 Å². The minimum Gasteiger partial charge on any atom is -0.474 e. The van der Waals surface area contributed by atoms with Crippen molar-refractivity contribution in [1.82, 2.24) is 28.7 Å². The lowest BCUT2D eigenvalue weighted by atomic mass is 10.1. The van der Waals surface area contributed by atoms with E-state index in [2.05, 4.69) is 26.7 Å². The first-order valence-corrected chi connectivity index (χ1v) is 12.8. The smallest absolute Gasteiger partial charge is 0.332 e. The molecule has 1 fully saturated rings. The molecular formula is C27H32N8O3. The Hall–Kier alpha value is -4.17. The van der Waals surface area contributed by atoms with Crippen molar-refractivity contribution in [1.29, 1.82) is 0 Å². The zero-order chi connectivity index (χ0) is 27.0. The second kappa shape index (κ2) is 10.3. The van der Waals surface area contributed by atoms with Gasteiger partial charge in [-0.2, -0.15) is 9.97 Å². The number of rotatable bonds is 6. The maximum Gasteiger partial charge on any atom is 0.332 e. The molecule has 0 saturated carbocycles. The van der Waals surface area contributed by atoms with E-state index < -0.39 is 11.2 Å². The molecule has 198 valence electrons. The molecule has 4 aromatic rings. The third kappa shape index (κ3) is 4.63. The quantitative estimate of drug-likeness (QED) is 0.383. The van der Waals surface area contributed by atoms with Crippen LogP contribution >= 0.6 is 0 Å². The topological polar surface area (TPSA) is 126 Å². The monoisotopic (exact) mass is 516 g/mol. The molecule has 11 heteroatoms. The molecule has 11 nitrogen and oxygen atoms in total. The zero-order valence-corrected chi connectivity index (χ0v) is 22.1.